The lowest BCUT2D eigenvalue weighted by Gasteiger charge is -2.42. The molecule has 182 valence electrons. The first kappa shape index (κ1) is 23.1. The summed E-state index contributed by atoms with van der Waals surface area (Å²) in [7, 11) is -0.284. The SMILES string of the molecule is CNc1nccc(Oc2ccc(C#N)c(-c3ccc4c(c3)N(C)S(O)(O)N4CC3CC3(F)F)c2)n1. The molecule has 0 bridgehead atoms. The largest absolute Gasteiger partial charge is 0.439 e. The Morgan fingerprint density at radius 3 is 2.69 bits per heavy atom. The number of hydrogen-bond donors (Lipinski definition) is 3. The fraction of sp³-hybridized carbons (Fsp3) is 0.261. The summed E-state index contributed by atoms with van der Waals surface area (Å²) in [5.74, 6) is -2.55. The van der Waals surface area contributed by atoms with Crippen molar-refractivity contribution in [1.82, 2.24) is 9.97 Å². The minimum atomic E-state index is -3.48. The number of fused-ring (bicyclic) bond motifs is 1. The highest BCUT2D eigenvalue weighted by Gasteiger charge is 2.59. The molecule has 2 aromatic carbocycles. The van der Waals surface area contributed by atoms with E-state index in [1.165, 1.54) is 15.7 Å². The van der Waals surface area contributed by atoms with Gasteiger partial charge in [-0.15, -0.1) is 0 Å². The van der Waals surface area contributed by atoms with Crippen molar-refractivity contribution in [2.24, 2.45) is 5.92 Å². The summed E-state index contributed by atoms with van der Waals surface area (Å²) in [6.07, 6.45) is 1.29. The van der Waals surface area contributed by atoms with Gasteiger partial charge in [0.15, 0.2) is 0 Å². The van der Waals surface area contributed by atoms with Crippen LogP contribution in [0.3, 0.4) is 0 Å². The summed E-state index contributed by atoms with van der Waals surface area (Å²) in [6.45, 7) is -0.160. The molecule has 3 N–H and O–H groups in total. The van der Waals surface area contributed by atoms with Gasteiger partial charge in [0.2, 0.25) is 11.8 Å². The lowest BCUT2D eigenvalue weighted by atomic mass is 9.99. The lowest BCUT2D eigenvalue weighted by Crippen LogP contribution is -2.33. The lowest BCUT2D eigenvalue weighted by molar-refractivity contribution is 0.101. The third kappa shape index (κ3) is 4.07. The topological polar surface area (TPSA) is 118 Å². The molecule has 1 unspecified atom stereocenters. The molecule has 1 aromatic heterocycles. The molecule has 1 saturated carbocycles. The molecule has 0 amide bonds. The van der Waals surface area contributed by atoms with Gasteiger partial charge in [0.05, 0.1) is 23.0 Å². The van der Waals surface area contributed by atoms with Gasteiger partial charge in [-0.05, 0) is 46.9 Å². The molecule has 3 aromatic rings. The number of rotatable bonds is 6. The number of anilines is 3. The fourth-order valence-electron chi connectivity index (χ4n) is 4.00. The molecular weight excluding hydrogens is 478 g/mol. The van der Waals surface area contributed by atoms with Gasteiger partial charge < -0.3 is 10.1 Å². The van der Waals surface area contributed by atoms with Crippen molar-refractivity contribution in [1.29, 1.82) is 5.26 Å². The molecule has 0 radical (unpaired) electrons. The number of ether oxygens (including phenoxy) is 1. The zero-order chi connectivity index (χ0) is 25.0. The molecule has 1 fully saturated rings. The first-order valence-corrected chi connectivity index (χ1v) is 12.1. The first-order valence-electron chi connectivity index (χ1n) is 10.7. The van der Waals surface area contributed by atoms with E-state index in [-0.39, 0.29) is 13.0 Å². The molecule has 0 saturated heterocycles. The zero-order valence-corrected chi connectivity index (χ0v) is 19.6. The van der Waals surface area contributed by atoms with Crippen LogP contribution >= 0.6 is 11.0 Å². The minimum Gasteiger partial charge on any atom is -0.439 e. The normalized spacial score (nSPS) is 20.1. The number of nitrogens with zero attached hydrogens (tertiary/aromatic N) is 5. The van der Waals surface area contributed by atoms with Gasteiger partial charge in [-0.1, -0.05) is 6.07 Å². The van der Waals surface area contributed by atoms with Crippen LogP contribution in [0.15, 0.2) is 48.7 Å². The van der Waals surface area contributed by atoms with Crippen molar-refractivity contribution in [2.45, 2.75) is 12.3 Å². The maximum atomic E-state index is 13.5. The Labute approximate surface area is 202 Å². The van der Waals surface area contributed by atoms with Gasteiger partial charge >= 0.3 is 0 Å². The standard InChI is InChI=1S/C23H22F2N6O3S/c1-27-22-28-8-7-21(29-22)34-17-5-3-15(12-26)18(10-17)14-4-6-19-20(9-14)30(2)35(32,33)31(19)13-16-11-23(16,24)25/h3-10,16,32-33H,11,13H2,1-2H3,(H,27,28,29). The average Bonchev–Trinajstić information content (AvgIpc) is 3.41. The van der Waals surface area contributed by atoms with Crippen LogP contribution in [0.25, 0.3) is 11.1 Å². The molecule has 5 rings (SSSR count). The molecule has 1 atom stereocenters. The second-order valence-electron chi connectivity index (χ2n) is 8.30. The van der Waals surface area contributed by atoms with E-state index in [0.29, 0.717) is 45.6 Å². The Balaban J connectivity index is 1.49. The van der Waals surface area contributed by atoms with Crippen LogP contribution in [-0.2, 0) is 0 Å². The Kier molecular flexibility index (Phi) is 5.43. The molecule has 2 heterocycles. The van der Waals surface area contributed by atoms with E-state index in [1.54, 1.807) is 55.7 Å². The van der Waals surface area contributed by atoms with Crippen LogP contribution in [0, 0.1) is 17.2 Å². The third-order valence-electron chi connectivity index (χ3n) is 6.09. The third-order valence-corrected chi connectivity index (χ3v) is 7.96. The highest BCUT2D eigenvalue weighted by atomic mass is 32.3. The van der Waals surface area contributed by atoms with Crippen LogP contribution in [0.4, 0.5) is 26.1 Å². The summed E-state index contributed by atoms with van der Waals surface area (Å²) >= 11 is 0. The number of hydrogen-bond acceptors (Lipinski definition) is 9. The van der Waals surface area contributed by atoms with Crippen molar-refractivity contribution in [3.8, 4) is 28.8 Å². The second-order valence-corrected chi connectivity index (χ2v) is 10.3. The molecule has 9 nitrogen and oxygen atoms in total. The van der Waals surface area contributed by atoms with Gasteiger partial charge in [-0.2, -0.15) is 10.2 Å². The number of aromatic nitrogens is 2. The molecule has 12 heteroatoms. The zero-order valence-electron chi connectivity index (χ0n) is 18.8. The van der Waals surface area contributed by atoms with E-state index in [1.807, 2.05) is 0 Å². The van der Waals surface area contributed by atoms with E-state index in [0.717, 1.165) is 0 Å². The number of halogens is 2. The van der Waals surface area contributed by atoms with Crippen LogP contribution in [0.2, 0.25) is 0 Å². The molecule has 2 aliphatic rings. The number of alkyl halides is 2. The van der Waals surface area contributed by atoms with Crippen molar-refractivity contribution in [3.63, 3.8) is 0 Å². The highest BCUT2D eigenvalue weighted by Crippen LogP contribution is 2.63. The predicted molar refractivity (Wildman–Crippen MR) is 130 cm³/mol. The van der Waals surface area contributed by atoms with Crippen molar-refractivity contribution >= 4 is 28.3 Å². The number of nitrogens with one attached hydrogen (secondary N) is 1. The van der Waals surface area contributed by atoms with E-state index in [9.17, 15) is 23.1 Å². The van der Waals surface area contributed by atoms with Crippen molar-refractivity contribution in [3.05, 3.63) is 54.2 Å². The van der Waals surface area contributed by atoms with Crippen LogP contribution in [0.1, 0.15) is 12.0 Å². The van der Waals surface area contributed by atoms with Gasteiger partial charge in [0.1, 0.15) is 5.75 Å². The van der Waals surface area contributed by atoms with Crippen LogP contribution in [-0.4, -0.2) is 45.6 Å². The first-order chi connectivity index (χ1) is 16.6. The Morgan fingerprint density at radius 2 is 2.00 bits per heavy atom. The van der Waals surface area contributed by atoms with Crippen LogP contribution in [0.5, 0.6) is 11.6 Å². The van der Waals surface area contributed by atoms with E-state index in [2.05, 4.69) is 21.4 Å². The van der Waals surface area contributed by atoms with Gasteiger partial charge in [0.25, 0.3) is 5.92 Å². The molecule has 1 aliphatic carbocycles. The Hall–Kier alpha value is -3.66. The predicted octanol–water partition coefficient (Wildman–Crippen LogP) is 5.34. The average molecular weight is 501 g/mol. The van der Waals surface area contributed by atoms with Crippen LogP contribution < -0.4 is 18.7 Å². The summed E-state index contributed by atoms with van der Waals surface area (Å²) in [5, 5.41) is 12.5. The van der Waals surface area contributed by atoms with E-state index in [4.69, 9.17) is 4.74 Å². The van der Waals surface area contributed by atoms with E-state index >= 15 is 0 Å². The Morgan fingerprint density at radius 1 is 1.23 bits per heavy atom. The molecular formula is C23H22F2N6O3S. The number of nitriles is 1. The molecule has 1 aliphatic heterocycles. The Bertz CT molecular complexity index is 1350. The highest BCUT2D eigenvalue weighted by molar-refractivity contribution is 8.26. The van der Waals surface area contributed by atoms with E-state index < -0.39 is 22.8 Å². The van der Waals surface area contributed by atoms with Gasteiger partial charge in [-0.3, -0.25) is 17.7 Å². The second kappa shape index (κ2) is 8.23. The molecule has 0 spiro atoms. The quantitative estimate of drug-likeness (QED) is 0.412. The summed E-state index contributed by atoms with van der Waals surface area (Å²) in [5.41, 5.74) is 2.50. The summed E-state index contributed by atoms with van der Waals surface area (Å²) in [4.78, 5) is 8.27. The minimum absolute atomic E-state index is 0.160. The maximum Gasteiger partial charge on any atom is 0.253 e. The van der Waals surface area contributed by atoms with Crippen molar-refractivity contribution < 1.29 is 22.6 Å². The summed E-state index contributed by atoms with van der Waals surface area (Å²) in [6, 6.07) is 13.8. The van der Waals surface area contributed by atoms with Gasteiger partial charge in [0, 0.05) is 50.8 Å². The monoisotopic (exact) mass is 500 g/mol. The number of benzene rings is 2. The molecule has 35 heavy (non-hydrogen) atoms. The smallest absolute Gasteiger partial charge is 0.253 e. The van der Waals surface area contributed by atoms with Gasteiger partial charge in [-0.25, -0.2) is 13.8 Å². The summed E-state index contributed by atoms with van der Waals surface area (Å²) < 4.78 is 57.0. The fourth-order valence-corrected chi connectivity index (χ4v) is 5.50. The maximum absolute atomic E-state index is 13.5. The van der Waals surface area contributed by atoms with Crippen molar-refractivity contribution in [2.75, 3.05) is 34.6 Å².